The Hall–Kier alpha value is -3.61. The largest absolute Gasteiger partial charge is 0.336 e. The third kappa shape index (κ3) is 3.04. The molecule has 2 aliphatic heterocycles. The quantitative estimate of drug-likeness (QED) is 0.724. The van der Waals surface area contributed by atoms with E-state index in [1.54, 1.807) is 15.8 Å². The van der Waals surface area contributed by atoms with Gasteiger partial charge in [0.25, 0.3) is 5.91 Å². The summed E-state index contributed by atoms with van der Waals surface area (Å²) in [5.74, 6) is -0.0745. The van der Waals surface area contributed by atoms with Gasteiger partial charge in [-0.1, -0.05) is 48.0 Å². The standard InChI is InChI=1S/C22H21N5O2/c1-15-7-9-16(10-8-15)19-18(11-27(25-19)17-5-3-2-4-6-17)20(28)26-13-22(14-26)12-23-21(29)24-22/h2-11H,12-14H2,1H3,(H2,23,24,29). The van der Waals surface area contributed by atoms with E-state index < -0.39 is 0 Å². The summed E-state index contributed by atoms with van der Waals surface area (Å²) < 4.78 is 1.75. The lowest BCUT2D eigenvalue weighted by Gasteiger charge is -2.46. The van der Waals surface area contributed by atoms with Gasteiger partial charge in [0.05, 0.1) is 16.8 Å². The summed E-state index contributed by atoms with van der Waals surface area (Å²) in [7, 11) is 0. The van der Waals surface area contributed by atoms with E-state index in [1.807, 2.05) is 61.5 Å². The fourth-order valence-corrected chi connectivity index (χ4v) is 3.94. The second-order valence-electron chi connectivity index (χ2n) is 7.79. The van der Waals surface area contributed by atoms with E-state index >= 15 is 0 Å². The van der Waals surface area contributed by atoms with Gasteiger partial charge in [0.1, 0.15) is 5.69 Å². The van der Waals surface area contributed by atoms with E-state index in [2.05, 4.69) is 10.6 Å². The highest BCUT2D eigenvalue weighted by Gasteiger charge is 2.50. The monoisotopic (exact) mass is 387 g/mol. The minimum absolute atomic E-state index is 0.0745. The maximum absolute atomic E-state index is 13.3. The fourth-order valence-electron chi connectivity index (χ4n) is 3.94. The topological polar surface area (TPSA) is 79.3 Å². The second kappa shape index (κ2) is 6.48. The van der Waals surface area contributed by atoms with Crippen LogP contribution in [0.4, 0.5) is 4.79 Å². The predicted octanol–water partition coefficient (Wildman–Crippen LogP) is 2.36. The van der Waals surface area contributed by atoms with Crippen molar-refractivity contribution in [3.05, 3.63) is 71.9 Å². The Bertz CT molecular complexity index is 1080. The third-order valence-electron chi connectivity index (χ3n) is 5.53. The Morgan fingerprint density at radius 1 is 1.07 bits per heavy atom. The van der Waals surface area contributed by atoms with Crippen LogP contribution in [0.5, 0.6) is 0 Å². The van der Waals surface area contributed by atoms with Crippen LogP contribution in [0.25, 0.3) is 16.9 Å². The first-order chi connectivity index (χ1) is 14.0. The van der Waals surface area contributed by atoms with E-state index in [-0.39, 0.29) is 17.5 Å². The molecule has 0 bridgehead atoms. The first-order valence-corrected chi connectivity index (χ1v) is 9.60. The molecule has 0 radical (unpaired) electrons. The highest BCUT2D eigenvalue weighted by atomic mass is 16.2. The molecule has 3 heterocycles. The number of nitrogens with zero attached hydrogens (tertiary/aromatic N) is 3. The van der Waals surface area contributed by atoms with Crippen molar-refractivity contribution in [1.82, 2.24) is 25.3 Å². The molecular weight excluding hydrogens is 366 g/mol. The maximum atomic E-state index is 13.3. The molecular formula is C22H21N5O2. The van der Waals surface area contributed by atoms with Crippen molar-refractivity contribution in [3.8, 4) is 16.9 Å². The van der Waals surface area contributed by atoms with Crippen molar-refractivity contribution in [1.29, 1.82) is 0 Å². The van der Waals surface area contributed by atoms with Crippen LogP contribution in [0.1, 0.15) is 15.9 Å². The van der Waals surface area contributed by atoms with Crippen LogP contribution in [0.2, 0.25) is 0 Å². The van der Waals surface area contributed by atoms with Crippen LogP contribution in [-0.4, -0.2) is 51.8 Å². The van der Waals surface area contributed by atoms with Gasteiger partial charge in [-0.15, -0.1) is 0 Å². The summed E-state index contributed by atoms with van der Waals surface area (Å²) in [6, 6.07) is 17.6. The molecule has 1 spiro atoms. The number of amides is 3. The predicted molar refractivity (Wildman–Crippen MR) is 109 cm³/mol. The summed E-state index contributed by atoms with van der Waals surface area (Å²) >= 11 is 0. The lowest BCUT2D eigenvalue weighted by Crippen LogP contribution is -2.70. The molecule has 7 heteroatoms. The summed E-state index contributed by atoms with van der Waals surface area (Å²) in [5.41, 5.74) is 3.83. The molecule has 29 heavy (non-hydrogen) atoms. The van der Waals surface area contributed by atoms with Gasteiger partial charge in [0.15, 0.2) is 0 Å². The van der Waals surface area contributed by atoms with E-state index in [0.29, 0.717) is 30.9 Å². The number of carbonyl (C=O) groups excluding carboxylic acids is 2. The average molecular weight is 387 g/mol. The van der Waals surface area contributed by atoms with Crippen molar-refractivity contribution in [2.45, 2.75) is 12.5 Å². The molecule has 5 rings (SSSR count). The normalized spacial score (nSPS) is 17.0. The first kappa shape index (κ1) is 17.5. The number of likely N-dealkylation sites (tertiary alicyclic amines) is 1. The first-order valence-electron chi connectivity index (χ1n) is 9.60. The highest BCUT2D eigenvalue weighted by molar-refractivity contribution is 6.00. The minimum atomic E-state index is -0.341. The van der Waals surface area contributed by atoms with Crippen LogP contribution in [0.3, 0.4) is 0 Å². The van der Waals surface area contributed by atoms with Crippen molar-refractivity contribution in [3.63, 3.8) is 0 Å². The Morgan fingerprint density at radius 3 is 2.45 bits per heavy atom. The van der Waals surface area contributed by atoms with E-state index in [4.69, 9.17) is 5.10 Å². The van der Waals surface area contributed by atoms with Gasteiger partial charge in [-0.05, 0) is 19.1 Å². The second-order valence-corrected chi connectivity index (χ2v) is 7.79. The van der Waals surface area contributed by atoms with Gasteiger partial charge in [-0.25, -0.2) is 9.48 Å². The van der Waals surface area contributed by atoms with Crippen molar-refractivity contribution >= 4 is 11.9 Å². The van der Waals surface area contributed by atoms with Gasteiger partial charge in [-0.3, -0.25) is 4.79 Å². The summed E-state index contributed by atoms with van der Waals surface area (Å²) in [4.78, 5) is 26.5. The molecule has 7 nitrogen and oxygen atoms in total. The van der Waals surface area contributed by atoms with Crippen molar-refractivity contribution in [2.75, 3.05) is 19.6 Å². The number of hydrogen-bond donors (Lipinski definition) is 2. The molecule has 2 aliphatic rings. The number of urea groups is 1. The minimum Gasteiger partial charge on any atom is -0.336 e. The fraction of sp³-hybridized carbons (Fsp3) is 0.227. The summed E-state index contributed by atoms with van der Waals surface area (Å²) in [6.45, 7) is 3.56. The third-order valence-corrected chi connectivity index (χ3v) is 5.53. The number of aryl methyl sites for hydroxylation is 1. The summed E-state index contributed by atoms with van der Waals surface area (Å²) in [6.07, 6.45) is 1.79. The number of carbonyl (C=O) groups is 2. The number of nitrogens with one attached hydrogen (secondary N) is 2. The number of aromatic nitrogens is 2. The van der Waals surface area contributed by atoms with Crippen molar-refractivity contribution < 1.29 is 9.59 Å². The molecule has 2 saturated heterocycles. The molecule has 0 atom stereocenters. The molecule has 0 unspecified atom stereocenters. The SMILES string of the molecule is Cc1ccc(-c2nn(-c3ccccc3)cc2C(=O)N2CC3(CNC(=O)N3)C2)cc1. The van der Waals surface area contributed by atoms with Gasteiger partial charge >= 0.3 is 6.03 Å². The number of rotatable bonds is 3. The molecule has 3 aromatic rings. The molecule has 0 aliphatic carbocycles. The zero-order chi connectivity index (χ0) is 20.0. The van der Waals surface area contributed by atoms with Gasteiger partial charge in [-0.2, -0.15) is 5.10 Å². The average Bonchev–Trinajstić information content (AvgIpc) is 3.32. The summed E-state index contributed by atoms with van der Waals surface area (Å²) in [5, 5.41) is 10.4. The van der Waals surface area contributed by atoms with Crippen LogP contribution in [-0.2, 0) is 0 Å². The van der Waals surface area contributed by atoms with E-state index in [1.165, 1.54) is 0 Å². The van der Waals surface area contributed by atoms with Gasteiger partial charge < -0.3 is 15.5 Å². The van der Waals surface area contributed by atoms with Crippen LogP contribution in [0.15, 0.2) is 60.8 Å². The molecule has 3 amide bonds. The highest BCUT2D eigenvalue weighted by Crippen LogP contribution is 2.30. The Balaban J connectivity index is 1.49. The smallest absolute Gasteiger partial charge is 0.315 e. The van der Waals surface area contributed by atoms with Gasteiger partial charge in [0, 0.05) is 31.4 Å². The Morgan fingerprint density at radius 2 is 1.79 bits per heavy atom. The van der Waals surface area contributed by atoms with Crippen LogP contribution < -0.4 is 10.6 Å². The number of benzene rings is 2. The van der Waals surface area contributed by atoms with Crippen LogP contribution in [0, 0.1) is 6.92 Å². The molecule has 0 saturated carbocycles. The molecule has 2 fully saturated rings. The van der Waals surface area contributed by atoms with Crippen molar-refractivity contribution in [2.24, 2.45) is 0 Å². The zero-order valence-corrected chi connectivity index (χ0v) is 16.1. The van der Waals surface area contributed by atoms with Gasteiger partial charge in [0.2, 0.25) is 0 Å². The Labute approximate surface area is 168 Å². The Kier molecular flexibility index (Phi) is 3.91. The zero-order valence-electron chi connectivity index (χ0n) is 16.1. The number of hydrogen-bond acceptors (Lipinski definition) is 3. The maximum Gasteiger partial charge on any atom is 0.315 e. The molecule has 1 aromatic heterocycles. The molecule has 146 valence electrons. The molecule has 2 N–H and O–H groups in total. The van der Waals surface area contributed by atoms with E-state index in [9.17, 15) is 9.59 Å². The molecule has 2 aromatic carbocycles. The van der Waals surface area contributed by atoms with E-state index in [0.717, 1.165) is 16.8 Å². The lowest BCUT2D eigenvalue weighted by atomic mass is 9.90. The van der Waals surface area contributed by atoms with Crippen LogP contribution >= 0.6 is 0 Å². The number of para-hydroxylation sites is 1. The lowest BCUT2D eigenvalue weighted by molar-refractivity contribution is 0.0398.